The summed E-state index contributed by atoms with van der Waals surface area (Å²) < 4.78 is 36.4. The number of anilines is 2. The van der Waals surface area contributed by atoms with Gasteiger partial charge in [-0.15, -0.1) is 10.2 Å². The van der Waals surface area contributed by atoms with Gasteiger partial charge in [0.05, 0.1) is 0 Å². The number of hydrogen-bond acceptors (Lipinski definition) is 7. The zero-order valence-corrected chi connectivity index (χ0v) is 33.2. The molecule has 0 amide bonds. The number of nitrogens with zero attached hydrogens (tertiary/aromatic N) is 3. The van der Waals surface area contributed by atoms with E-state index in [1.807, 2.05) is 6.92 Å². The van der Waals surface area contributed by atoms with Gasteiger partial charge in [-0.3, -0.25) is 0 Å². The van der Waals surface area contributed by atoms with E-state index in [4.69, 9.17) is 24.4 Å². The second kappa shape index (κ2) is 22.8. The lowest BCUT2D eigenvalue weighted by molar-refractivity contribution is -2.00. The molecular formula is C43H59ClN4O4. The number of halogens is 1. The highest BCUT2D eigenvalue weighted by atomic mass is 35.7. The molecule has 0 saturated carbocycles. The molecule has 0 unspecified atom stereocenters. The third kappa shape index (κ3) is 13.8. The molecule has 3 aromatic carbocycles. The van der Waals surface area contributed by atoms with E-state index >= 15 is 0 Å². The number of aryl methyl sites for hydroxylation is 1. The standard InChI is InChI=1S/C41H52N3.C2H7N.ClHO4/c1-8-32-15-17-33(18-16-32)40(34-19-25-37(26-20-34)42(9-2)10-3)31-41(35-21-27-38(28-22-35)43(11-4)12-5)36-23-29-39(30-24-36)44(13-6)14-7;1-2-3;2-1(3,4)5/h15-31H,8-14H2,1-7H3;2-3H2,1H3;(H,2,3,4,5)/q+1;;/p-1. The van der Waals surface area contributed by atoms with Gasteiger partial charge < -0.3 is 15.5 Å². The average Bonchev–Trinajstić information content (AvgIpc) is 3.15. The average molecular weight is 731 g/mol. The van der Waals surface area contributed by atoms with Crippen molar-refractivity contribution >= 4 is 28.2 Å². The van der Waals surface area contributed by atoms with E-state index in [0.29, 0.717) is 0 Å². The highest BCUT2D eigenvalue weighted by Gasteiger charge is 2.15. The van der Waals surface area contributed by atoms with Crippen LogP contribution in [-0.4, -0.2) is 56.1 Å². The zero-order chi connectivity index (χ0) is 38.7. The van der Waals surface area contributed by atoms with Crippen molar-refractivity contribution in [1.82, 2.24) is 0 Å². The Kier molecular flexibility index (Phi) is 19.4. The Labute approximate surface area is 315 Å². The Bertz CT molecular complexity index is 1620. The number of rotatable bonds is 13. The van der Waals surface area contributed by atoms with Gasteiger partial charge in [-0.1, -0.05) is 62.4 Å². The van der Waals surface area contributed by atoms with Crippen LogP contribution in [0.4, 0.5) is 11.4 Å². The highest BCUT2D eigenvalue weighted by Crippen LogP contribution is 2.33. The first-order valence-corrected chi connectivity index (χ1v) is 19.7. The normalized spacial score (nSPS) is 12.4. The molecule has 4 rings (SSSR count). The second-order valence-corrected chi connectivity index (χ2v) is 12.7. The van der Waals surface area contributed by atoms with Gasteiger partial charge in [0.1, 0.15) is 13.1 Å². The van der Waals surface area contributed by atoms with E-state index in [9.17, 15) is 0 Å². The molecule has 0 aromatic heterocycles. The van der Waals surface area contributed by atoms with Gasteiger partial charge in [0, 0.05) is 49.7 Å². The highest BCUT2D eigenvalue weighted by molar-refractivity contribution is 6.04. The molecule has 0 aliphatic heterocycles. The predicted octanol–water partition coefficient (Wildman–Crippen LogP) is 4.66. The molecule has 3 aromatic rings. The van der Waals surface area contributed by atoms with Crippen LogP contribution < -0.4 is 34.2 Å². The minimum atomic E-state index is -4.94. The topological polar surface area (TPSA) is 128 Å². The van der Waals surface area contributed by atoms with Crippen molar-refractivity contribution in [2.24, 2.45) is 5.73 Å². The molecule has 1 aliphatic carbocycles. The van der Waals surface area contributed by atoms with E-state index in [2.05, 4.69) is 166 Å². The lowest BCUT2D eigenvalue weighted by Gasteiger charge is -2.22. The van der Waals surface area contributed by atoms with Crippen LogP contribution in [-0.2, 0) is 6.42 Å². The second-order valence-electron chi connectivity index (χ2n) is 12.0. The van der Waals surface area contributed by atoms with Crippen LogP contribution in [0.5, 0.6) is 0 Å². The van der Waals surface area contributed by atoms with Crippen LogP contribution in [0, 0.1) is 10.2 Å². The Morgan fingerprint density at radius 1 is 0.596 bits per heavy atom. The fourth-order valence-corrected chi connectivity index (χ4v) is 6.05. The predicted molar refractivity (Wildman–Crippen MR) is 209 cm³/mol. The Balaban J connectivity index is 0.00000106. The summed E-state index contributed by atoms with van der Waals surface area (Å²) in [6.07, 6.45) is 12.6. The molecule has 0 heterocycles. The SMILES string of the molecule is CCN.CCc1ccc(C(=CC(=C2C=CC(=[N+](CC)CC)C=C2)c2ccc(N(CC)CC)cc2)c2ccc(N(CC)CC)cc2)cc1.[O-][Cl+3]([O-])([O-])[O-]. The van der Waals surface area contributed by atoms with Crippen LogP contribution in [0.25, 0.3) is 11.1 Å². The summed E-state index contributed by atoms with van der Waals surface area (Å²) in [6.45, 7) is 24.2. The van der Waals surface area contributed by atoms with Crippen LogP contribution in [0.2, 0.25) is 0 Å². The monoisotopic (exact) mass is 730 g/mol. The van der Waals surface area contributed by atoms with E-state index < -0.39 is 10.2 Å². The van der Waals surface area contributed by atoms with Gasteiger partial charge >= 0.3 is 0 Å². The zero-order valence-electron chi connectivity index (χ0n) is 32.4. The summed E-state index contributed by atoms with van der Waals surface area (Å²) >= 11 is 0. The van der Waals surface area contributed by atoms with Crippen molar-refractivity contribution in [3.63, 3.8) is 0 Å². The maximum absolute atomic E-state index is 8.49. The third-order valence-corrected chi connectivity index (χ3v) is 8.88. The van der Waals surface area contributed by atoms with E-state index in [0.717, 1.165) is 52.2 Å². The number of hydrogen-bond donors (Lipinski definition) is 1. The molecule has 282 valence electrons. The molecule has 9 heteroatoms. The van der Waals surface area contributed by atoms with Crippen LogP contribution in [0.15, 0.2) is 109 Å². The summed E-state index contributed by atoms with van der Waals surface area (Å²) in [5.41, 5.74) is 17.4. The summed E-state index contributed by atoms with van der Waals surface area (Å²) in [7, 11) is -4.94. The summed E-state index contributed by atoms with van der Waals surface area (Å²) in [5.74, 6) is 0. The van der Waals surface area contributed by atoms with Crippen LogP contribution in [0.3, 0.4) is 0 Å². The van der Waals surface area contributed by atoms with Crippen molar-refractivity contribution in [2.75, 3.05) is 55.6 Å². The van der Waals surface area contributed by atoms with Crippen molar-refractivity contribution in [3.05, 3.63) is 131 Å². The molecule has 0 fully saturated rings. The Morgan fingerprint density at radius 2 is 0.962 bits per heavy atom. The fraction of sp³-hybridized carbons (Fsp3) is 0.372. The first kappa shape index (κ1) is 44.1. The molecule has 1 aliphatic rings. The lowest BCUT2D eigenvalue weighted by atomic mass is 9.89. The van der Waals surface area contributed by atoms with Crippen molar-refractivity contribution < 1.29 is 33.5 Å². The van der Waals surface area contributed by atoms with E-state index in [1.54, 1.807) is 0 Å². The lowest BCUT2D eigenvalue weighted by Crippen LogP contribution is -2.68. The Hall–Kier alpha value is -4.02. The summed E-state index contributed by atoms with van der Waals surface area (Å²) in [6, 6.07) is 27.4. The molecule has 2 N–H and O–H groups in total. The van der Waals surface area contributed by atoms with Gasteiger partial charge in [0.15, 0.2) is 5.71 Å². The van der Waals surface area contributed by atoms with Crippen LogP contribution >= 0.6 is 0 Å². The summed E-state index contributed by atoms with van der Waals surface area (Å²) in [4.78, 5) is 4.80. The molecule has 0 saturated heterocycles. The molecule has 52 heavy (non-hydrogen) atoms. The fourth-order valence-electron chi connectivity index (χ4n) is 6.05. The van der Waals surface area contributed by atoms with Crippen molar-refractivity contribution in [1.29, 1.82) is 0 Å². The maximum atomic E-state index is 8.49. The molecule has 0 atom stereocenters. The first-order valence-electron chi connectivity index (χ1n) is 18.5. The molecular weight excluding hydrogens is 672 g/mol. The van der Waals surface area contributed by atoms with Crippen molar-refractivity contribution in [2.45, 2.75) is 61.8 Å². The minimum Gasteiger partial charge on any atom is -0.372 e. The smallest absolute Gasteiger partial charge is 0.199 e. The Morgan fingerprint density at radius 3 is 1.31 bits per heavy atom. The first-order chi connectivity index (χ1) is 24.9. The summed E-state index contributed by atoms with van der Waals surface area (Å²) in [5, 5.41) is 0. The van der Waals surface area contributed by atoms with Crippen LogP contribution in [0.1, 0.15) is 77.6 Å². The van der Waals surface area contributed by atoms with Gasteiger partial charge in [0.2, 0.25) is 0 Å². The number of benzene rings is 3. The molecule has 0 radical (unpaired) electrons. The van der Waals surface area contributed by atoms with Gasteiger partial charge in [-0.25, -0.2) is 23.2 Å². The van der Waals surface area contributed by atoms with Gasteiger partial charge in [0.25, 0.3) is 0 Å². The quantitative estimate of drug-likeness (QED) is 0.254. The number of allylic oxidation sites excluding steroid dienone is 7. The van der Waals surface area contributed by atoms with Crippen molar-refractivity contribution in [3.8, 4) is 0 Å². The maximum Gasteiger partial charge on any atom is 0.199 e. The molecule has 8 nitrogen and oxygen atoms in total. The van der Waals surface area contributed by atoms with E-state index in [-0.39, 0.29) is 0 Å². The third-order valence-electron chi connectivity index (χ3n) is 8.88. The number of nitrogens with two attached hydrogens (primary N) is 1. The van der Waals surface area contributed by atoms with Gasteiger partial charge in [-0.05, 0) is 136 Å². The minimum absolute atomic E-state index is 0.750. The largest absolute Gasteiger partial charge is 0.372 e. The van der Waals surface area contributed by atoms with E-state index in [1.165, 1.54) is 56.1 Å². The molecule has 0 bridgehead atoms. The van der Waals surface area contributed by atoms with Gasteiger partial charge in [-0.2, -0.15) is 0 Å². The molecule has 0 spiro atoms.